The van der Waals surface area contributed by atoms with Crippen molar-refractivity contribution in [2.75, 3.05) is 0 Å². The highest BCUT2D eigenvalue weighted by atomic mass is 79.9. The molecule has 1 aliphatic heterocycles. The number of aromatic nitrogens is 5. The van der Waals surface area contributed by atoms with E-state index in [4.69, 9.17) is 4.74 Å². The maximum atomic E-state index is 13.8. The summed E-state index contributed by atoms with van der Waals surface area (Å²) in [5.41, 5.74) is 5.30. The summed E-state index contributed by atoms with van der Waals surface area (Å²) in [6, 6.07) is 21.7. The molecule has 0 saturated carbocycles. The van der Waals surface area contributed by atoms with Crippen molar-refractivity contribution in [3.05, 3.63) is 111 Å². The zero-order valence-electron chi connectivity index (χ0n) is 19.3. The molecule has 0 fully saturated rings. The number of rotatable bonds is 5. The van der Waals surface area contributed by atoms with Crippen molar-refractivity contribution in [1.29, 1.82) is 0 Å². The largest absolute Gasteiger partial charge is 0.471 e. The number of benzene rings is 3. The lowest BCUT2D eigenvalue weighted by Gasteiger charge is -2.24. The Morgan fingerprint density at radius 3 is 2.81 bits per heavy atom. The Bertz CT molecular complexity index is 1880. The highest BCUT2D eigenvalue weighted by molar-refractivity contribution is 9.10. The van der Waals surface area contributed by atoms with Crippen molar-refractivity contribution in [3.8, 4) is 11.4 Å². The predicted molar refractivity (Wildman–Crippen MR) is 147 cm³/mol. The van der Waals surface area contributed by atoms with Crippen molar-refractivity contribution in [2.45, 2.75) is 22.9 Å². The highest BCUT2D eigenvalue weighted by Crippen LogP contribution is 2.44. The summed E-state index contributed by atoms with van der Waals surface area (Å²) in [5, 5.41) is 9.04. The molecular formula is C28H18BrN5O2S. The minimum atomic E-state index is -0.00540. The Kier molecular flexibility index (Phi) is 5.33. The van der Waals surface area contributed by atoms with Gasteiger partial charge in [0.25, 0.3) is 0 Å². The zero-order valence-corrected chi connectivity index (χ0v) is 21.7. The van der Waals surface area contributed by atoms with Gasteiger partial charge in [0.15, 0.2) is 12.2 Å². The maximum Gasteiger partial charge on any atom is 0.193 e. The van der Waals surface area contributed by atoms with E-state index in [2.05, 4.69) is 47.9 Å². The fourth-order valence-electron chi connectivity index (χ4n) is 4.69. The molecule has 9 heteroatoms. The van der Waals surface area contributed by atoms with Crippen LogP contribution in [0.25, 0.3) is 27.6 Å². The molecule has 3 aromatic heterocycles. The van der Waals surface area contributed by atoms with Crippen molar-refractivity contribution < 1.29 is 4.74 Å². The molecule has 7 nitrogen and oxygen atoms in total. The Hall–Kier alpha value is -3.95. The lowest BCUT2D eigenvalue weighted by atomic mass is 10.0. The van der Waals surface area contributed by atoms with Crippen LogP contribution in [0.15, 0.2) is 104 Å². The second-order valence-corrected chi connectivity index (χ2v) is 10.8. The van der Waals surface area contributed by atoms with E-state index >= 15 is 0 Å². The summed E-state index contributed by atoms with van der Waals surface area (Å²) >= 11 is 5.23. The molecule has 7 rings (SSSR count). The number of ether oxygens (including phenoxy) is 1. The maximum absolute atomic E-state index is 13.8. The van der Waals surface area contributed by atoms with Gasteiger partial charge in [0.2, 0.25) is 0 Å². The quantitative estimate of drug-likeness (QED) is 0.254. The topological polar surface area (TPSA) is 74.8 Å². The molecule has 0 saturated heterocycles. The Labute approximate surface area is 223 Å². The van der Waals surface area contributed by atoms with E-state index in [0.717, 1.165) is 42.1 Å². The lowest BCUT2D eigenvalue weighted by molar-refractivity contribution is 0.223. The van der Waals surface area contributed by atoms with Crippen molar-refractivity contribution in [1.82, 2.24) is 24.5 Å². The first kappa shape index (κ1) is 22.3. The highest BCUT2D eigenvalue weighted by Gasteiger charge is 2.23. The minimum Gasteiger partial charge on any atom is -0.471 e. The third-order valence-electron chi connectivity index (χ3n) is 6.40. The zero-order chi connectivity index (χ0) is 24.9. The smallest absolute Gasteiger partial charge is 0.193 e. The van der Waals surface area contributed by atoms with E-state index in [9.17, 15) is 4.79 Å². The van der Waals surface area contributed by atoms with Crippen LogP contribution in [0.4, 0.5) is 0 Å². The van der Waals surface area contributed by atoms with Crippen molar-refractivity contribution >= 4 is 49.6 Å². The molecule has 0 spiro atoms. The second kappa shape index (κ2) is 8.86. The fraction of sp³-hybridized carbons (Fsp3) is 0.0714. The molecular weight excluding hydrogens is 550 g/mol. The summed E-state index contributed by atoms with van der Waals surface area (Å²) in [4.78, 5) is 20.1. The van der Waals surface area contributed by atoms with Gasteiger partial charge in [-0.15, -0.1) is 5.10 Å². The summed E-state index contributed by atoms with van der Waals surface area (Å²) in [6.45, 7) is 0.182. The van der Waals surface area contributed by atoms with Gasteiger partial charge in [-0.05, 0) is 54.1 Å². The van der Waals surface area contributed by atoms with Gasteiger partial charge in [-0.2, -0.15) is 0 Å². The normalized spacial score (nSPS) is 12.1. The van der Waals surface area contributed by atoms with E-state index in [-0.39, 0.29) is 12.2 Å². The summed E-state index contributed by atoms with van der Waals surface area (Å²) in [7, 11) is 0. The first-order chi connectivity index (χ1) is 18.1. The molecule has 0 aliphatic carbocycles. The van der Waals surface area contributed by atoms with Crippen LogP contribution in [-0.2, 0) is 13.2 Å². The van der Waals surface area contributed by atoms with Crippen LogP contribution in [0.3, 0.4) is 0 Å². The summed E-state index contributed by atoms with van der Waals surface area (Å²) in [5.74, 6) is 0.607. The van der Waals surface area contributed by atoms with E-state index < -0.39 is 0 Å². The van der Waals surface area contributed by atoms with Crippen LogP contribution in [0.5, 0.6) is 5.75 Å². The molecule has 0 N–H and O–H groups in total. The summed E-state index contributed by atoms with van der Waals surface area (Å²) < 4.78 is 11.0. The predicted octanol–water partition coefficient (Wildman–Crippen LogP) is 5.98. The third-order valence-corrected chi connectivity index (χ3v) is 7.97. The standard InChI is InChI=1S/C28H18BrN5O2S/c29-19-7-8-24-25(11-19)37-26-13-20(36-16-34-23-6-2-1-5-22(23)31-32-34)12-21-27(26)33(24)15-18(28(21)35)10-17-4-3-9-30-14-17/h1-9,11-15H,10,16H2. The van der Waals surface area contributed by atoms with Gasteiger partial charge in [0, 0.05) is 44.8 Å². The van der Waals surface area contributed by atoms with E-state index in [1.165, 1.54) is 0 Å². The van der Waals surface area contributed by atoms with Gasteiger partial charge in [0.05, 0.1) is 22.1 Å². The molecule has 0 unspecified atom stereocenters. The van der Waals surface area contributed by atoms with Gasteiger partial charge in [-0.1, -0.05) is 51.1 Å². The Morgan fingerprint density at radius 1 is 1.00 bits per heavy atom. The molecule has 1 aliphatic rings. The summed E-state index contributed by atoms with van der Waals surface area (Å²) in [6.07, 6.45) is 6.00. The molecule has 0 bridgehead atoms. The second-order valence-electron chi connectivity index (χ2n) is 8.77. The number of para-hydroxylation sites is 1. The number of halogens is 1. The minimum absolute atomic E-state index is 0.00540. The first-order valence-electron chi connectivity index (χ1n) is 11.6. The average Bonchev–Trinajstić information content (AvgIpc) is 3.33. The van der Waals surface area contributed by atoms with Gasteiger partial charge >= 0.3 is 0 Å². The number of hydrogen-bond acceptors (Lipinski definition) is 6. The lowest BCUT2D eigenvalue weighted by Crippen LogP contribution is -2.17. The van der Waals surface area contributed by atoms with Gasteiger partial charge < -0.3 is 9.30 Å². The SMILES string of the molecule is O=c1c(Cc2cccnc2)cn2c3c(cc(OCn4nnc5ccccc54)cc13)Sc1cc(Br)ccc1-2. The van der Waals surface area contributed by atoms with Crippen LogP contribution >= 0.6 is 27.7 Å². The molecule has 0 radical (unpaired) electrons. The third kappa shape index (κ3) is 3.91. The first-order valence-corrected chi connectivity index (χ1v) is 13.2. The van der Waals surface area contributed by atoms with Crippen LogP contribution in [0.2, 0.25) is 0 Å². The van der Waals surface area contributed by atoms with Crippen molar-refractivity contribution in [3.63, 3.8) is 0 Å². The van der Waals surface area contributed by atoms with E-state index in [1.54, 1.807) is 28.8 Å². The monoisotopic (exact) mass is 567 g/mol. The van der Waals surface area contributed by atoms with Crippen LogP contribution in [-0.4, -0.2) is 24.5 Å². The number of hydrogen-bond donors (Lipinski definition) is 0. The molecule has 6 aromatic rings. The van der Waals surface area contributed by atoms with E-state index in [0.29, 0.717) is 23.1 Å². The fourth-order valence-corrected chi connectivity index (χ4v) is 6.38. The number of nitrogens with zero attached hydrogens (tertiary/aromatic N) is 5. The molecule has 3 aromatic carbocycles. The van der Waals surface area contributed by atoms with Gasteiger partial charge in [0.1, 0.15) is 11.3 Å². The Balaban J connectivity index is 1.37. The Morgan fingerprint density at radius 2 is 1.92 bits per heavy atom. The molecule has 180 valence electrons. The number of fused-ring (bicyclic) bond motifs is 3. The molecule has 0 atom stereocenters. The van der Waals surface area contributed by atoms with E-state index in [1.807, 2.05) is 60.8 Å². The van der Waals surface area contributed by atoms with Gasteiger partial charge in [-0.3, -0.25) is 9.78 Å². The van der Waals surface area contributed by atoms with Crippen LogP contribution in [0, 0.1) is 0 Å². The molecule has 0 amide bonds. The molecule has 4 heterocycles. The van der Waals surface area contributed by atoms with Gasteiger partial charge in [-0.25, -0.2) is 4.68 Å². The van der Waals surface area contributed by atoms with Crippen LogP contribution < -0.4 is 10.2 Å². The van der Waals surface area contributed by atoms with Crippen LogP contribution in [0.1, 0.15) is 11.1 Å². The number of pyridine rings is 2. The average molecular weight is 568 g/mol. The van der Waals surface area contributed by atoms with Crippen molar-refractivity contribution in [2.24, 2.45) is 0 Å². The molecule has 37 heavy (non-hydrogen) atoms.